The van der Waals surface area contributed by atoms with Gasteiger partial charge in [0.15, 0.2) is 11.6 Å². The van der Waals surface area contributed by atoms with Crippen molar-refractivity contribution in [2.24, 2.45) is 0 Å². The molecule has 2 N–H and O–H groups in total. The van der Waals surface area contributed by atoms with E-state index < -0.39 is 23.4 Å². The summed E-state index contributed by atoms with van der Waals surface area (Å²) >= 11 is 0. The Morgan fingerprint density at radius 1 is 0.941 bits per heavy atom. The summed E-state index contributed by atoms with van der Waals surface area (Å²) in [5, 5.41) is 0. The van der Waals surface area contributed by atoms with Crippen LogP contribution in [-0.2, 0) is 24.2 Å². The summed E-state index contributed by atoms with van der Waals surface area (Å²) in [6, 6.07) is 15.3. The topological polar surface area (TPSA) is 76.7 Å². The van der Waals surface area contributed by atoms with E-state index in [9.17, 15) is 18.4 Å². The Labute approximate surface area is 196 Å². The zero-order valence-electron chi connectivity index (χ0n) is 19.2. The van der Waals surface area contributed by atoms with Gasteiger partial charge in [-0.05, 0) is 59.9 Å². The fourth-order valence-electron chi connectivity index (χ4n) is 3.59. The molecule has 0 saturated heterocycles. The highest BCUT2D eigenvalue weighted by molar-refractivity contribution is 5.97. The summed E-state index contributed by atoms with van der Waals surface area (Å²) < 4.78 is 37.9. The van der Waals surface area contributed by atoms with Gasteiger partial charge in [0.1, 0.15) is 12.4 Å². The van der Waals surface area contributed by atoms with E-state index in [0.717, 1.165) is 22.8 Å². The third kappa shape index (κ3) is 5.89. The summed E-state index contributed by atoms with van der Waals surface area (Å²) in [5.74, 6) is -2.97. The number of methoxy groups -OCH3 is 1. The van der Waals surface area contributed by atoms with Crippen LogP contribution in [0.25, 0.3) is 0 Å². The number of hydrazine groups is 1. The summed E-state index contributed by atoms with van der Waals surface area (Å²) in [5.41, 5.74) is 7.95. The number of benzene rings is 3. The zero-order valence-corrected chi connectivity index (χ0v) is 19.2. The molecule has 0 radical (unpaired) electrons. The molecule has 3 rings (SSSR count). The molecule has 0 fully saturated rings. The van der Waals surface area contributed by atoms with Crippen LogP contribution < -0.4 is 20.3 Å². The number of nitrogens with one attached hydrogen (secondary N) is 2. The van der Waals surface area contributed by atoms with E-state index in [2.05, 4.69) is 10.9 Å². The summed E-state index contributed by atoms with van der Waals surface area (Å²) in [4.78, 5) is 25.0. The molecule has 0 aromatic heterocycles. The van der Waals surface area contributed by atoms with Gasteiger partial charge in [-0.3, -0.25) is 20.4 Å². The van der Waals surface area contributed by atoms with E-state index in [1.165, 1.54) is 13.2 Å². The van der Waals surface area contributed by atoms with Crippen LogP contribution >= 0.6 is 0 Å². The van der Waals surface area contributed by atoms with Crippen molar-refractivity contribution in [2.75, 3.05) is 7.11 Å². The maximum Gasteiger partial charge on any atom is 0.269 e. The van der Waals surface area contributed by atoms with Crippen molar-refractivity contribution in [3.05, 3.63) is 94.0 Å². The van der Waals surface area contributed by atoms with Crippen LogP contribution in [0, 0.1) is 18.6 Å². The molecular weight excluding hydrogens is 442 g/mol. The third-order valence-corrected chi connectivity index (χ3v) is 5.34. The molecule has 0 bridgehead atoms. The lowest BCUT2D eigenvalue weighted by atomic mass is 9.98. The molecule has 0 aliphatic heterocycles. The normalized spacial score (nSPS) is 10.5. The predicted molar refractivity (Wildman–Crippen MR) is 124 cm³/mol. The number of ether oxygens (including phenoxy) is 2. The average molecular weight is 469 g/mol. The Bertz CT molecular complexity index is 1180. The number of hydrogen-bond donors (Lipinski definition) is 2. The molecule has 8 heteroatoms. The maximum atomic E-state index is 13.7. The van der Waals surface area contributed by atoms with E-state index in [-0.39, 0.29) is 17.7 Å². The first-order chi connectivity index (χ1) is 16.3. The number of amides is 2. The Morgan fingerprint density at radius 3 is 2.35 bits per heavy atom. The Morgan fingerprint density at radius 2 is 1.68 bits per heavy atom. The second-order valence-electron chi connectivity index (χ2n) is 7.62. The molecule has 3 aromatic rings. The Hall–Kier alpha value is -3.94. The first-order valence-electron chi connectivity index (χ1n) is 10.7. The molecule has 178 valence electrons. The van der Waals surface area contributed by atoms with Gasteiger partial charge in [0, 0.05) is 5.56 Å². The van der Waals surface area contributed by atoms with Gasteiger partial charge in [-0.1, -0.05) is 37.3 Å². The minimum Gasteiger partial charge on any atom is -0.494 e. The lowest BCUT2D eigenvalue weighted by Gasteiger charge is -2.16. The van der Waals surface area contributed by atoms with Crippen molar-refractivity contribution in [3.8, 4) is 11.5 Å². The second-order valence-corrected chi connectivity index (χ2v) is 7.62. The van der Waals surface area contributed by atoms with Crippen molar-refractivity contribution in [1.82, 2.24) is 10.9 Å². The molecule has 0 unspecified atom stereocenters. The number of rotatable bonds is 8. The van der Waals surface area contributed by atoms with Crippen molar-refractivity contribution in [1.29, 1.82) is 0 Å². The van der Waals surface area contributed by atoms with E-state index in [4.69, 9.17) is 9.47 Å². The standard InChI is InChI=1S/C26H26F2N2O4/c1-4-19-16(2)22(34-15-17-8-6-5-7-9-17)11-10-20(19)26(32)30-29-24(31)14-18-12-21(27)25(28)23(13-18)33-3/h5-13H,4,14-15H2,1-3H3,(H,29,31)(H,30,32). The average Bonchev–Trinajstić information content (AvgIpc) is 2.84. The molecule has 0 atom stereocenters. The van der Waals surface area contributed by atoms with Crippen LogP contribution in [0.5, 0.6) is 11.5 Å². The van der Waals surface area contributed by atoms with Crippen LogP contribution in [0.4, 0.5) is 8.78 Å². The highest BCUT2D eigenvalue weighted by Gasteiger charge is 2.17. The van der Waals surface area contributed by atoms with Gasteiger partial charge >= 0.3 is 0 Å². The lowest BCUT2D eigenvalue weighted by Crippen LogP contribution is -2.42. The zero-order chi connectivity index (χ0) is 24.7. The summed E-state index contributed by atoms with van der Waals surface area (Å²) in [6.07, 6.45) is 0.305. The molecule has 6 nitrogen and oxygen atoms in total. The molecule has 0 spiro atoms. The molecular formula is C26H26F2N2O4. The molecule has 3 aromatic carbocycles. The van der Waals surface area contributed by atoms with Crippen molar-refractivity contribution in [3.63, 3.8) is 0 Å². The number of carbonyl (C=O) groups excluding carboxylic acids is 2. The van der Waals surface area contributed by atoms with Gasteiger partial charge in [0.25, 0.3) is 5.91 Å². The van der Waals surface area contributed by atoms with Crippen LogP contribution in [0.2, 0.25) is 0 Å². The van der Waals surface area contributed by atoms with E-state index in [0.29, 0.717) is 24.3 Å². The highest BCUT2D eigenvalue weighted by atomic mass is 19.2. The minimum absolute atomic E-state index is 0.201. The fourth-order valence-corrected chi connectivity index (χ4v) is 3.59. The highest BCUT2D eigenvalue weighted by Crippen LogP contribution is 2.26. The van der Waals surface area contributed by atoms with E-state index in [1.54, 1.807) is 12.1 Å². The molecule has 0 heterocycles. The van der Waals surface area contributed by atoms with Gasteiger partial charge in [-0.2, -0.15) is 4.39 Å². The predicted octanol–water partition coefficient (Wildman–Crippen LogP) is 4.43. The largest absolute Gasteiger partial charge is 0.494 e. The van der Waals surface area contributed by atoms with Crippen LogP contribution in [-0.4, -0.2) is 18.9 Å². The molecule has 0 aliphatic rings. The fraction of sp³-hybridized carbons (Fsp3) is 0.231. The smallest absolute Gasteiger partial charge is 0.269 e. The van der Waals surface area contributed by atoms with Gasteiger partial charge in [0.2, 0.25) is 11.7 Å². The Balaban J connectivity index is 1.64. The first-order valence-corrected chi connectivity index (χ1v) is 10.7. The first kappa shape index (κ1) is 24.7. The summed E-state index contributed by atoms with van der Waals surface area (Å²) in [7, 11) is 1.20. The number of hydrogen-bond acceptors (Lipinski definition) is 4. The monoisotopic (exact) mass is 468 g/mol. The summed E-state index contributed by atoms with van der Waals surface area (Å²) in [6.45, 7) is 4.21. The van der Waals surface area contributed by atoms with Gasteiger partial charge in [0.05, 0.1) is 13.5 Å². The molecule has 2 amide bonds. The van der Waals surface area contributed by atoms with E-state index in [1.807, 2.05) is 44.2 Å². The SMILES string of the molecule is CCc1c(C(=O)NNC(=O)Cc2cc(F)c(F)c(OC)c2)ccc(OCc2ccccc2)c1C. The van der Waals surface area contributed by atoms with Crippen molar-refractivity contribution in [2.45, 2.75) is 33.3 Å². The quantitative estimate of drug-likeness (QED) is 0.480. The third-order valence-electron chi connectivity index (χ3n) is 5.34. The number of halogens is 2. The van der Waals surface area contributed by atoms with Crippen LogP contribution in [0.15, 0.2) is 54.6 Å². The van der Waals surface area contributed by atoms with Crippen LogP contribution in [0.1, 0.15) is 39.5 Å². The van der Waals surface area contributed by atoms with Gasteiger partial charge in [-0.15, -0.1) is 0 Å². The molecule has 0 saturated carbocycles. The number of carbonyl (C=O) groups is 2. The molecule has 34 heavy (non-hydrogen) atoms. The molecule has 0 aliphatic carbocycles. The second kappa shape index (κ2) is 11.3. The lowest BCUT2D eigenvalue weighted by molar-refractivity contribution is -0.121. The van der Waals surface area contributed by atoms with Crippen LogP contribution in [0.3, 0.4) is 0 Å². The maximum absolute atomic E-state index is 13.7. The van der Waals surface area contributed by atoms with E-state index >= 15 is 0 Å². The minimum atomic E-state index is -1.13. The van der Waals surface area contributed by atoms with Crippen molar-refractivity contribution >= 4 is 11.8 Å². The van der Waals surface area contributed by atoms with Gasteiger partial charge < -0.3 is 9.47 Å². The van der Waals surface area contributed by atoms with Crippen molar-refractivity contribution < 1.29 is 27.8 Å². The Kier molecular flexibility index (Phi) is 8.19. The van der Waals surface area contributed by atoms with Gasteiger partial charge in [-0.25, -0.2) is 4.39 Å².